The Labute approximate surface area is 386 Å². The molecule has 2 saturated heterocycles. The van der Waals surface area contributed by atoms with Gasteiger partial charge in [-0.2, -0.15) is 0 Å². The van der Waals surface area contributed by atoms with Crippen molar-refractivity contribution in [2.45, 2.75) is 41.5 Å². The molecule has 25 nitrogen and oxygen atoms in total. The van der Waals surface area contributed by atoms with Gasteiger partial charge in [-0.15, -0.1) is 16.9 Å². The SMILES string of the molecule is CCN1CCN(C(=O)N[C@@H](C(=O)N[C@@H]2C(=O)N3C(C(=O)[O-])=C(CSc4nnnn4CS(=O)(=O)[O-])CS[C@@H]23)c2ccc(NC(=O)OC[C@@H](N)C(=O)O)cc2)C(=O)C1=O.[Na+].[Na+]. The van der Waals surface area contributed by atoms with Crippen molar-refractivity contribution in [2.75, 3.05) is 43.1 Å². The van der Waals surface area contributed by atoms with Gasteiger partial charge in [-0.05, 0) is 40.6 Å². The van der Waals surface area contributed by atoms with Crippen LogP contribution in [0.25, 0.3) is 0 Å². The number of carboxylic acid groups (broad SMARTS) is 2. The van der Waals surface area contributed by atoms with E-state index in [1.54, 1.807) is 6.92 Å². The number of rotatable bonds is 15. The van der Waals surface area contributed by atoms with E-state index in [2.05, 4.69) is 31.5 Å². The first-order valence-electron chi connectivity index (χ1n) is 16.3. The third-order valence-electron chi connectivity index (χ3n) is 8.36. The molecule has 0 bridgehead atoms. The van der Waals surface area contributed by atoms with Gasteiger partial charge in [-0.25, -0.2) is 22.7 Å². The number of thioether (sulfide) groups is 2. The molecule has 30 heteroatoms. The molecule has 5 rings (SSSR count). The van der Waals surface area contributed by atoms with E-state index in [1.165, 1.54) is 29.2 Å². The summed E-state index contributed by atoms with van der Waals surface area (Å²) in [5, 5.41) is 37.6. The molecule has 59 heavy (non-hydrogen) atoms. The van der Waals surface area contributed by atoms with Crippen molar-refractivity contribution < 1.29 is 125 Å². The van der Waals surface area contributed by atoms with Gasteiger partial charge < -0.3 is 45.6 Å². The summed E-state index contributed by atoms with van der Waals surface area (Å²) in [4.78, 5) is 104. The van der Waals surface area contributed by atoms with Crippen LogP contribution < -0.4 is 85.9 Å². The summed E-state index contributed by atoms with van der Waals surface area (Å²) in [6.07, 6.45) is -1.06. The zero-order valence-corrected chi connectivity index (χ0v) is 37.7. The standard InChI is InChI=1S/C29H33N11O14S3.2Na/c1-2-37-7-8-38(23(44)22(37)43)27(49)33-17(13-3-5-15(6-4-13)31-29(50)54-9-16(30)25(45)46)20(41)32-18-21(42)40-19(26(47)48)14(10-55-24(18)40)11-56-28-34-35-36-39(28)12-57(51,52)53;;/h3-6,16-18,24H,2,7-12,30H2,1H3,(H,31,50)(H,32,41)(H,33,49)(H,45,46)(H,47,48)(H,51,52,53);;/q;2*+1/p-2/t16-,17-,18-,24+;;/m1../s1. The topological polar surface area (TPSA) is 362 Å². The molecule has 6 N–H and O–H groups in total. The van der Waals surface area contributed by atoms with Gasteiger partial charge in [0.15, 0.2) is 0 Å². The van der Waals surface area contributed by atoms with Crippen LogP contribution in [0, 0.1) is 0 Å². The number of benzene rings is 1. The van der Waals surface area contributed by atoms with E-state index in [-0.39, 0.29) is 112 Å². The van der Waals surface area contributed by atoms with Gasteiger partial charge in [0.25, 0.3) is 5.91 Å². The zero-order valence-electron chi connectivity index (χ0n) is 31.3. The number of anilines is 1. The number of carbonyl (C=O) groups is 8. The minimum absolute atomic E-state index is 0. The van der Waals surface area contributed by atoms with E-state index in [1.807, 2.05) is 0 Å². The molecule has 4 atom stereocenters. The smallest absolute Gasteiger partial charge is 0.747 e. The number of nitrogens with zero attached hydrogens (tertiary/aromatic N) is 7. The number of hydrogen-bond donors (Lipinski definition) is 5. The Morgan fingerprint density at radius 3 is 2.39 bits per heavy atom. The van der Waals surface area contributed by atoms with Crippen LogP contribution in [0.15, 0.2) is 40.7 Å². The maximum absolute atomic E-state index is 13.9. The fourth-order valence-corrected chi connectivity index (χ4v) is 8.44. The summed E-state index contributed by atoms with van der Waals surface area (Å²) < 4.78 is 39.0. The molecule has 3 aliphatic rings. The molecule has 2 aromatic rings. The molecule has 7 amide bonds. The molecule has 0 radical (unpaired) electrons. The van der Waals surface area contributed by atoms with Crippen LogP contribution >= 0.6 is 23.5 Å². The number of fused-ring (bicyclic) bond motifs is 1. The number of β-lactam (4-membered cyclic amide) rings is 1. The average Bonchev–Trinajstić information content (AvgIpc) is 3.59. The maximum Gasteiger partial charge on any atom is 1.00 e. The van der Waals surface area contributed by atoms with Crippen molar-refractivity contribution >= 4 is 87.0 Å². The van der Waals surface area contributed by atoms with Crippen molar-refractivity contribution in [1.29, 1.82) is 0 Å². The monoisotopic (exact) mass is 899 g/mol. The van der Waals surface area contributed by atoms with Crippen LogP contribution in [0.3, 0.4) is 0 Å². The predicted octanol–water partition coefficient (Wildman–Crippen LogP) is -10.2. The molecule has 4 heterocycles. The number of nitrogens with two attached hydrogens (primary N) is 1. The number of aliphatic carboxylic acids is 2. The third kappa shape index (κ3) is 11.9. The molecular formula is C29H31N11Na2O14S3. The summed E-state index contributed by atoms with van der Waals surface area (Å²) in [6, 6.07) is -0.407. The summed E-state index contributed by atoms with van der Waals surface area (Å²) in [5.74, 6) is -8.34. The van der Waals surface area contributed by atoms with Gasteiger partial charge in [0, 0.05) is 36.8 Å². The minimum atomic E-state index is -4.77. The summed E-state index contributed by atoms with van der Waals surface area (Å²) >= 11 is 1.85. The Morgan fingerprint density at radius 1 is 1.10 bits per heavy atom. The number of amides is 7. The molecular weight excluding hydrogens is 869 g/mol. The van der Waals surface area contributed by atoms with Gasteiger partial charge in [-0.1, -0.05) is 23.9 Å². The first-order valence-corrected chi connectivity index (χ1v) is 20.0. The van der Waals surface area contributed by atoms with Crippen LogP contribution in [0.1, 0.15) is 18.5 Å². The van der Waals surface area contributed by atoms with Crippen molar-refractivity contribution in [3.8, 4) is 0 Å². The summed E-state index contributed by atoms with van der Waals surface area (Å²) in [5.41, 5.74) is 5.13. The van der Waals surface area contributed by atoms with Gasteiger partial charge in [0.2, 0.25) is 11.1 Å². The van der Waals surface area contributed by atoms with Gasteiger partial charge in [0.05, 0.1) is 11.7 Å². The quantitative estimate of drug-likeness (QED) is 0.0364. The first-order chi connectivity index (χ1) is 26.9. The number of piperazine rings is 1. The molecule has 0 unspecified atom stereocenters. The number of hydrogen-bond acceptors (Lipinski definition) is 19. The van der Waals surface area contributed by atoms with Crippen LogP contribution in [0.4, 0.5) is 15.3 Å². The number of tetrazole rings is 1. The third-order valence-corrected chi connectivity index (χ3v) is 11.3. The maximum atomic E-state index is 13.9. The number of carboxylic acids is 2. The fourth-order valence-electron chi connectivity index (χ4n) is 5.52. The Bertz CT molecular complexity index is 2140. The average molecular weight is 900 g/mol. The second-order valence-electron chi connectivity index (χ2n) is 12.1. The van der Waals surface area contributed by atoms with Crippen molar-refractivity contribution in [3.63, 3.8) is 0 Å². The van der Waals surface area contributed by atoms with E-state index >= 15 is 0 Å². The summed E-state index contributed by atoms with van der Waals surface area (Å²) in [7, 11) is -4.77. The number of ether oxygens (including phenoxy) is 1. The van der Waals surface area contributed by atoms with E-state index < -0.39 is 99.5 Å². The molecule has 0 saturated carbocycles. The number of urea groups is 1. The van der Waals surface area contributed by atoms with E-state index in [4.69, 9.17) is 15.6 Å². The molecule has 1 aromatic carbocycles. The number of imide groups is 1. The summed E-state index contributed by atoms with van der Waals surface area (Å²) in [6.45, 7) is 1.04. The molecule has 3 aliphatic heterocycles. The second kappa shape index (κ2) is 21.1. The largest absolute Gasteiger partial charge is 1.00 e. The Morgan fingerprint density at radius 2 is 1.78 bits per heavy atom. The van der Waals surface area contributed by atoms with Gasteiger partial charge >= 0.3 is 89.0 Å². The second-order valence-corrected chi connectivity index (χ2v) is 15.5. The number of likely N-dealkylation sites (N-methyl/N-ethyl adjacent to an activating group) is 1. The normalized spacial score (nSPS) is 18.6. The number of aromatic nitrogens is 4. The molecule has 0 aliphatic carbocycles. The molecule has 0 spiro atoms. The van der Waals surface area contributed by atoms with Crippen molar-refractivity contribution in [2.24, 2.45) is 5.73 Å². The molecule has 306 valence electrons. The predicted molar refractivity (Wildman–Crippen MR) is 188 cm³/mol. The van der Waals surface area contributed by atoms with Crippen LogP contribution in [0.2, 0.25) is 0 Å². The number of carbonyl (C=O) groups excluding carboxylic acids is 7. The van der Waals surface area contributed by atoms with Crippen molar-refractivity contribution in [1.82, 2.24) is 45.5 Å². The van der Waals surface area contributed by atoms with Gasteiger partial charge in [-0.3, -0.25) is 39.1 Å². The van der Waals surface area contributed by atoms with Crippen LogP contribution in [0.5, 0.6) is 0 Å². The Hall–Kier alpha value is -3.84. The van der Waals surface area contributed by atoms with Crippen LogP contribution in [-0.2, 0) is 49.5 Å². The first kappa shape index (κ1) is 49.5. The van der Waals surface area contributed by atoms with Gasteiger partial charge in [0.1, 0.15) is 46.1 Å². The number of nitrogens with one attached hydrogen (secondary N) is 3. The van der Waals surface area contributed by atoms with E-state index in [9.17, 15) is 56.4 Å². The minimum Gasteiger partial charge on any atom is -0.747 e. The van der Waals surface area contributed by atoms with E-state index in [0.717, 1.165) is 28.4 Å². The van der Waals surface area contributed by atoms with Crippen molar-refractivity contribution in [3.05, 3.63) is 41.1 Å². The molecule has 1 aromatic heterocycles. The fraction of sp³-hybridized carbons (Fsp3) is 0.414. The molecule has 2 fully saturated rings. The van der Waals surface area contributed by atoms with Crippen LogP contribution in [-0.4, -0.2) is 156 Å². The Kier molecular flexibility index (Phi) is 17.7. The zero-order chi connectivity index (χ0) is 41.8. The Balaban J connectivity index is 0.00000465. The van der Waals surface area contributed by atoms with E-state index in [0.29, 0.717) is 9.58 Å².